The van der Waals surface area contributed by atoms with Crippen molar-refractivity contribution in [2.75, 3.05) is 0 Å². The lowest BCUT2D eigenvalue weighted by atomic mass is 10.3. The molecule has 8 nitrogen and oxygen atoms in total. The van der Waals surface area contributed by atoms with Crippen LogP contribution in [0.3, 0.4) is 0 Å². The van der Waals surface area contributed by atoms with Gasteiger partial charge >= 0.3 is 0 Å². The van der Waals surface area contributed by atoms with Crippen LogP contribution in [0, 0.1) is 0 Å². The Morgan fingerprint density at radius 1 is 0.433 bits per heavy atom. The summed E-state index contributed by atoms with van der Waals surface area (Å²) in [5, 5.41) is 4.09. The topological polar surface area (TPSA) is 103 Å². The molecular formula is C20H12N8S2. The lowest BCUT2D eigenvalue weighted by molar-refractivity contribution is 1.13. The Labute approximate surface area is 180 Å². The van der Waals surface area contributed by atoms with Crippen LogP contribution in [0.5, 0.6) is 0 Å². The van der Waals surface area contributed by atoms with E-state index in [-0.39, 0.29) is 0 Å². The summed E-state index contributed by atoms with van der Waals surface area (Å²) in [6.07, 6.45) is 16.8. The first kappa shape index (κ1) is 18.5. The summed E-state index contributed by atoms with van der Waals surface area (Å²) in [7, 11) is 0. The minimum Gasteiger partial charge on any atom is -0.261 e. The molecule has 0 spiro atoms. The van der Waals surface area contributed by atoms with Crippen molar-refractivity contribution in [3.05, 3.63) is 84.2 Å². The molecule has 30 heavy (non-hydrogen) atoms. The van der Waals surface area contributed by atoms with Crippen LogP contribution in [0.1, 0.15) is 11.4 Å². The Morgan fingerprint density at radius 2 is 0.867 bits per heavy atom. The van der Waals surface area contributed by atoms with Crippen LogP contribution in [0.2, 0.25) is 0 Å². The maximum atomic E-state index is 4.55. The van der Waals surface area contributed by atoms with E-state index in [1.165, 1.54) is 0 Å². The van der Waals surface area contributed by atoms with Gasteiger partial charge in [0.05, 0.1) is 48.6 Å². The van der Waals surface area contributed by atoms with Gasteiger partial charge in [-0.15, -0.1) is 11.8 Å². The Bertz CT molecular complexity index is 1110. The van der Waals surface area contributed by atoms with E-state index in [4.69, 9.17) is 0 Å². The van der Waals surface area contributed by atoms with Crippen molar-refractivity contribution in [3.63, 3.8) is 0 Å². The molecule has 4 aromatic heterocycles. The zero-order chi connectivity index (χ0) is 20.2. The minimum absolute atomic E-state index is 0.683. The van der Waals surface area contributed by atoms with Crippen molar-refractivity contribution in [2.45, 2.75) is 0 Å². The summed E-state index contributed by atoms with van der Waals surface area (Å²) in [6, 6.07) is 0. The van der Waals surface area contributed by atoms with Gasteiger partial charge in [0.25, 0.3) is 0 Å². The highest BCUT2D eigenvalue weighted by atomic mass is 32.2. The normalized spacial score (nSPS) is 13.5. The molecule has 5 heterocycles. The second-order valence-electron chi connectivity index (χ2n) is 5.96. The Hall–Kier alpha value is -3.50. The van der Waals surface area contributed by atoms with E-state index in [9.17, 15) is 0 Å². The molecule has 0 amide bonds. The van der Waals surface area contributed by atoms with Crippen molar-refractivity contribution in [3.8, 4) is 22.8 Å². The third-order valence-corrected chi connectivity index (χ3v) is 6.17. The Kier molecular flexibility index (Phi) is 5.23. The smallest absolute Gasteiger partial charge is 0.109 e. The average Bonchev–Trinajstić information content (AvgIpc) is 2.85. The lowest BCUT2D eigenvalue weighted by Gasteiger charge is -2.13. The third kappa shape index (κ3) is 3.95. The predicted molar refractivity (Wildman–Crippen MR) is 117 cm³/mol. The average molecular weight is 429 g/mol. The maximum absolute atomic E-state index is 4.55. The van der Waals surface area contributed by atoms with Gasteiger partial charge in [0, 0.05) is 34.6 Å². The Morgan fingerprint density at radius 3 is 1.27 bits per heavy atom. The summed E-state index contributed by atoms with van der Waals surface area (Å²) in [4.78, 5) is 36.7. The van der Waals surface area contributed by atoms with Crippen molar-refractivity contribution in [2.24, 2.45) is 0 Å². The van der Waals surface area contributed by atoms with Gasteiger partial charge in [-0.05, 0) is 10.8 Å². The SMILES string of the molecule is C1=C(c2cnc(-c3cnccn3)cn2)SC(c2cnc(-c3cnccn3)cn2)=CS1. The number of nitrogens with zero attached hydrogens (tertiary/aromatic N) is 8. The van der Waals surface area contributed by atoms with Crippen LogP contribution in [0.25, 0.3) is 32.6 Å². The van der Waals surface area contributed by atoms with E-state index < -0.39 is 0 Å². The van der Waals surface area contributed by atoms with Crippen LogP contribution in [0.15, 0.2) is 72.8 Å². The van der Waals surface area contributed by atoms with E-state index >= 15 is 0 Å². The second kappa shape index (κ2) is 8.47. The van der Waals surface area contributed by atoms with Gasteiger partial charge < -0.3 is 0 Å². The minimum atomic E-state index is 0.683. The number of aromatic nitrogens is 8. The van der Waals surface area contributed by atoms with Crippen molar-refractivity contribution in [1.82, 2.24) is 39.9 Å². The highest BCUT2D eigenvalue weighted by molar-refractivity contribution is 8.20. The molecular weight excluding hydrogens is 416 g/mol. The summed E-state index contributed by atoms with van der Waals surface area (Å²) in [5.74, 6) is 0. The first-order valence-electron chi connectivity index (χ1n) is 8.78. The van der Waals surface area contributed by atoms with Gasteiger partial charge in [-0.2, -0.15) is 0 Å². The standard InChI is InChI=1S/C20H12N8S2/c1-3-23-13(5-21-1)15-7-27-17(9-25-15)19-11-29-12-20(30-19)18-10-26-16(8-28-18)14-6-22-2-4-24-14/h1-12H. The molecule has 0 fully saturated rings. The summed E-state index contributed by atoms with van der Waals surface area (Å²) >= 11 is 3.16. The molecule has 4 aromatic rings. The van der Waals surface area contributed by atoms with E-state index in [1.54, 1.807) is 85.5 Å². The number of rotatable bonds is 4. The van der Waals surface area contributed by atoms with Gasteiger partial charge in [-0.25, -0.2) is 0 Å². The Balaban J connectivity index is 1.33. The van der Waals surface area contributed by atoms with Gasteiger partial charge in [-0.1, -0.05) is 11.8 Å². The molecule has 0 aliphatic carbocycles. The van der Waals surface area contributed by atoms with Gasteiger partial charge in [0.1, 0.15) is 22.8 Å². The highest BCUT2D eigenvalue weighted by Gasteiger charge is 2.16. The largest absolute Gasteiger partial charge is 0.261 e. The molecule has 5 rings (SSSR count). The molecule has 0 radical (unpaired) electrons. The molecule has 144 valence electrons. The molecule has 1 aliphatic heterocycles. The third-order valence-electron chi connectivity index (χ3n) is 4.03. The number of hydrogen-bond acceptors (Lipinski definition) is 10. The summed E-state index contributed by atoms with van der Waals surface area (Å²) in [5.41, 5.74) is 4.32. The molecule has 0 aromatic carbocycles. The fourth-order valence-electron chi connectivity index (χ4n) is 2.59. The molecule has 0 saturated heterocycles. The lowest BCUT2D eigenvalue weighted by Crippen LogP contribution is -1.96. The molecule has 10 heteroatoms. The van der Waals surface area contributed by atoms with E-state index in [1.807, 2.05) is 10.8 Å². The fourth-order valence-corrected chi connectivity index (χ4v) is 4.52. The molecule has 1 aliphatic rings. The zero-order valence-corrected chi connectivity index (χ0v) is 17.0. The van der Waals surface area contributed by atoms with Crippen molar-refractivity contribution >= 4 is 33.3 Å². The monoisotopic (exact) mass is 428 g/mol. The van der Waals surface area contributed by atoms with Gasteiger partial charge in [0.2, 0.25) is 0 Å². The maximum Gasteiger partial charge on any atom is 0.109 e. The van der Waals surface area contributed by atoms with Crippen LogP contribution in [0.4, 0.5) is 0 Å². The van der Waals surface area contributed by atoms with Crippen molar-refractivity contribution < 1.29 is 0 Å². The summed E-state index contributed by atoms with van der Waals surface area (Å²) in [6.45, 7) is 0. The first-order valence-corrected chi connectivity index (χ1v) is 10.5. The first-order chi connectivity index (χ1) is 14.9. The van der Waals surface area contributed by atoms with Crippen LogP contribution in [-0.4, -0.2) is 39.9 Å². The van der Waals surface area contributed by atoms with E-state index in [2.05, 4.69) is 39.9 Å². The molecule has 0 saturated carbocycles. The van der Waals surface area contributed by atoms with Gasteiger partial charge in [-0.3, -0.25) is 39.9 Å². The van der Waals surface area contributed by atoms with Crippen LogP contribution in [-0.2, 0) is 0 Å². The van der Waals surface area contributed by atoms with E-state index in [0.717, 1.165) is 21.2 Å². The quantitative estimate of drug-likeness (QED) is 0.474. The highest BCUT2D eigenvalue weighted by Crippen LogP contribution is 2.44. The van der Waals surface area contributed by atoms with Crippen LogP contribution < -0.4 is 0 Å². The molecule has 0 unspecified atom stereocenters. The number of hydrogen-bond donors (Lipinski definition) is 0. The fraction of sp³-hybridized carbons (Fsp3) is 0. The predicted octanol–water partition coefficient (Wildman–Crippen LogP) is 3.96. The molecule has 0 bridgehead atoms. The molecule has 0 N–H and O–H groups in total. The van der Waals surface area contributed by atoms with Gasteiger partial charge in [0.15, 0.2) is 0 Å². The van der Waals surface area contributed by atoms with Crippen LogP contribution >= 0.6 is 23.5 Å². The molecule has 0 atom stereocenters. The summed E-state index contributed by atoms with van der Waals surface area (Å²) < 4.78 is 0. The zero-order valence-electron chi connectivity index (χ0n) is 15.3. The second-order valence-corrected chi connectivity index (χ2v) is 7.78. The van der Waals surface area contributed by atoms with E-state index in [0.29, 0.717) is 22.8 Å². The van der Waals surface area contributed by atoms with Crippen molar-refractivity contribution in [1.29, 1.82) is 0 Å². The number of thioether (sulfide) groups is 2.